The summed E-state index contributed by atoms with van der Waals surface area (Å²) in [4.78, 5) is 4.00. The maximum Gasteiger partial charge on any atom is 0.117 e. The summed E-state index contributed by atoms with van der Waals surface area (Å²) in [5.74, 6) is 0. The first-order valence-electron chi connectivity index (χ1n) is 6.28. The first kappa shape index (κ1) is 16.5. The van der Waals surface area contributed by atoms with Crippen molar-refractivity contribution in [1.82, 2.24) is 0 Å². The molecule has 0 aliphatic rings. The zero-order valence-corrected chi connectivity index (χ0v) is 10.5. The maximum atomic E-state index is 9.48. The predicted molar refractivity (Wildman–Crippen MR) is 67.2 cm³/mol. The largest absolute Gasteiger partial charge is 0.396 e. The van der Waals surface area contributed by atoms with Crippen molar-refractivity contribution < 1.29 is 20.4 Å². The van der Waals surface area contributed by atoms with Gasteiger partial charge in [-0.3, -0.25) is 4.99 Å². The number of aliphatic hydroxyl groups excluding tert-OH is 4. The smallest absolute Gasteiger partial charge is 0.117 e. The van der Waals surface area contributed by atoms with Gasteiger partial charge in [0.25, 0.3) is 0 Å². The summed E-state index contributed by atoms with van der Waals surface area (Å²) in [6, 6.07) is 0. The molecular formula is C12H25NO4. The molecule has 4 N–H and O–H groups in total. The molecule has 0 spiro atoms. The Morgan fingerprint density at radius 3 is 2.41 bits per heavy atom. The van der Waals surface area contributed by atoms with E-state index in [9.17, 15) is 15.3 Å². The summed E-state index contributed by atoms with van der Waals surface area (Å²) in [5.41, 5.74) is 0. The Balaban J connectivity index is 3.74. The quantitative estimate of drug-likeness (QED) is 0.325. The van der Waals surface area contributed by atoms with Gasteiger partial charge in [-0.2, -0.15) is 0 Å². The molecule has 0 aromatic carbocycles. The van der Waals surface area contributed by atoms with Crippen molar-refractivity contribution in [3.8, 4) is 0 Å². The zero-order valence-electron chi connectivity index (χ0n) is 10.5. The number of nitrogens with zero attached hydrogens (tertiary/aromatic N) is 1. The van der Waals surface area contributed by atoms with Crippen LogP contribution >= 0.6 is 0 Å². The lowest BCUT2D eigenvalue weighted by atomic mass is 10.1. The summed E-state index contributed by atoms with van der Waals surface area (Å²) >= 11 is 0. The summed E-state index contributed by atoms with van der Waals surface area (Å²) in [5, 5.41) is 36.8. The first-order chi connectivity index (χ1) is 8.13. The average Bonchev–Trinajstić information content (AvgIpc) is 2.32. The highest BCUT2D eigenvalue weighted by Crippen LogP contribution is 2.03. The number of aliphatic hydroxyl groups is 4. The van der Waals surface area contributed by atoms with Crippen molar-refractivity contribution in [3.63, 3.8) is 0 Å². The van der Waals surface area contributed by atoms with Crippen LogP contribution in [0, 0.1) is 0 Å². The van der Waals surface area contributed by atoms with E-state index in [4.69, 9.17) is 5.11 Å². The lowest BCUT2D eigenvalue weighted by Gasteiger charge is -2.19. The Morgan fingerprint density at radius 1 is 1.12 bits per heavy atom. The van der Waals surface area contributed by atoms with Crippen molar-refractivity contribution in [2.75, 3.05) is 13.2 Å². The summed E-state index contributed by atoms with van der Waals surface area (Å²) in [7, 11) is 0. The van der Waals surface area contributed by atoms with E-state index >= 15 is 0 Å². The number of rotatable bonds is 10. The third kappa shape index (κ3) is 8.26. The average molecular weight is 247 g/mol. The molecule has 0 fully saturated rings. The van der Waals surface area contributed by atoms with E-state index in [-0.39, 0.29) is 13.0 Å². The van der Waals surface area contributed by atoms with Crippen LogP contribution in [0.3, 0.4) is 0 Å². The van der Waals surface area contributed by atoms with E-state index in [2.05, 4.69) is 11.9 Å². The van der Waals surface area contributed by atoms with E-state index in [1.165, 1.54) is 19.1 Å². The summed E-state index contributed by atoms with van der Waals surface area (Å²) < 4.78 is 0. The van der Waals surface area contributed by atoms with Crippen molar-refractivity contribution in [2.45, 2.75) is 57.3 Å². The highest BCUT2D eigenvalue weighted by atomic mass is 16.4. The van der Waals surface area contributed by atoms with Crippen molar-refractivity contribution >= 4 is 6.21 Å². The lowest BCUT2D eigenvalue weighted by Crippen LogP contribution is -2.38. The van der Waals surface area contributed by atoms with Gasteiger partial charge in [0.15, 0.2) is 0 Å². The molecule has 0 radical (unpaired) electrons. The van der Waals surface area contributed by atoms with Crippen LogP contribution in [-0.2, 0) is 0 Å². The van der Waals surface area contributed by atoms with Crippen LogP contribution in [-0.4, -0.2) is 58.1 Å². The molecule has 0 bridgehead atoms. The van der Waals surface area contributed by atoms with Crippen molar-refractivity contribution in [3.05, 3.63) is 0 Å². The van der Waals surface area contributed by atoms with Gasteiger partial charge in [-0.15, -0.1) is 0 Å². The second-order valence-corrected chi connectivity index (χ2v) is 4.18. The predicted octanol–water partition coefficient (Wildman–Crippen LogP) is 0.103. The molecule has 0 rings (SSSR count). The number of hydrogen-bond acceptors (Lipinski definition) is 5. The number of unbranched alkanes of at least 4 members (excludes halogenated alkanes) is 3. The van der Waals surface area contributed by atoms with E-state index < -0.39 is 18.3 Å². The molecule has 0 saturated carbocycles. The van der Waals surface area contributed by atoms with Gasteiger partial charge in [0.1, 0.15) is 12.2 Å². The second-order valence-electron chi connectivity index (χ2n) is 4.18. The molecule has 5 nitrogen and oxygen atoms in total. The van der Waals surface area contributed by atoms with Gasteiger partial charge in [0, 0.05) is 19.4 Å². The van der Waals surface area contributed by atoms with E-state index in [0.29, 0.717) is 6.54 Å². The third-order valence-corrected chi connectivity index (χ3v) is 2.57. The Morgan fingerprint density at radius 2 is 1.82 bits per heavy atom. The molecule has 0 heterocycles. The molecule has 0 aliphatic heterocycles. The molecular weight excluding hydrogens is 222 g/mol. The SMILES string of the molecule is CCCCCCN=C[C@H](O)[C@@H](O)[C@H](O)CCO. The normalized spacial score (nSPS) is 17.2. The van der Waals surface area contributed by atoms with Gasteiger partial charge in [-0.1, -0.05) is 26.2 Å². The van der Waals surface area contributed by atoms with Gasteiger partial charge in [-0.25, -0.2) is 0 Å². The van der Waals surface area contributed by atoms with Gasteiger partial charge >= 0.3 is 0 Å². The first-order valence-corrected chi connectivity index (χ1v) is 6.28. The van der Waals surface area contributed by atoms with Crippen molar-refractivity contribution in [1.29, 1.82) is 0 Å². The summed E-state index contributed by atoms with van der Waals surface area (Å²) in [6.45, 7) is 2.53. The fraction of sp³-hybridized carbons (Fsp3) is 0.917. The van der Waals surface area contributed by atoms with E-state index in [1.807, 2.05) is 0 Å². The monoisotopic (exact) mass is 247 g/mol. The molecule has 0 aromatic rings. The fourth-order valence-corrected chi connectivity index (χ4v) is 1.43. The van der Waals surface area contributed by atoms with Gasteiger partial charge in [0.05, 0.1) is 6.10 Å². The minimum absolute atomic E-state index is 0.0442. The molecule has 17 heavy (non-hydrogen) atoms. The minimum atomic E-state index is -1.29. The minimum Gasteiger partial charge on any atom is -0.396 e. The van der Waals surface area contributed by atoms with E-state index in [1.54, 1.807) is 0 Å². The Labute approximate surface area is 103 Å². The van der Waals surface area contributed by atoms with E-state index in [0.717, 1.165) is 12.8 Å². The summed E-state index contributed by atoms with van der Waals surface area (Å²) in [6.07, 6.45) is 2.13. The van der Waals surface area contributed by atoms with Gasteiger partial charge in [0.2, 0.25) is 0 Å². The molecule has 102 valence electrons. The fourth-order valence-electron chi connectivity index (χ4n) is 1.43. The van der Waals surface area contributed by atoms with Crippen molar-refractivity contribution in [2.24, 2.45) is 4.99 Å². The lowest BCUT2D eigenvalue weighted by molar-refractivity contribution is -0.0411. The Bertz CT molecular complexity index is 199. The molecule has 0 unspecified atom stereocenters. The molecule has 3 atom stereocenters. The molecule has 0 aromatic heterocycles. The zero-order chi connectivity index (χ0) is 13.1. The molecule has 0 aliphatic carbocycles. The van der Waals surface area contributed by atoms with Crippen LogP contribution in [0.2, 0.25) is 0 Å². The van der Waals surface area contributed by atoms with Crippen LogP contribution in [0.4, 0.5) is 0 Å². The van der Waals surface area contributed by atoms with Crippen LogP contribution in [0.5, 0.6) is 0 Å². The number of hydrogen-bond donors (Lipinski definition) is 4. The van der Waals surface area contributed by atoms with Crippen LogP contribution in [0.15, 0.2) is 4.99 Å². The highest BCUT2D eigenvalue weighted by Gasteiger charge is 2.22. The Kier molecular flexibility index (Phi) is 10.3. The van der Waals surface area contributed by atoms with Gasteiger partial charge in [-0.05, 0) is 12.8 Å². The Hall–Kier alpha value is -0.490. The number of aliphatic imine (C=N–C) groups is 1. The topological polar surface area (TPSA) is 93.3 Å². The van der Waals surface area contributed by atoms with Crippen LogP contribution in [0.1, 0.15) is 39.0 Å². The molecule has 5 heteroatoms. The van der Waals surface area contributed by atoms with Gasteiger partial charge < -0.3 is 20.4 Å². The second kappa shape index (κ2) is 10.7. The van der Waals surface area contributed by atoms with Crippen LogP contribution < -0.4 is 0 Å². The molecule has 0 amide bonds. The molecule has 0 saturated heterocycles. The highest BCUT2D eigenvalue weighted by molar-refractivity contribution is 5.63. The van der Waals surface area contributed by atoms with Crippen LogP contribution in [0.25, 0.3) is 0 Å². The standard InChI is InChI=1S/C12H25NO4/c1-2-3-4-5-7-13-9-11(16)12(17)10(15)6-8-14/h9-12,14-17H,2-8H2,1H3/t10-,11+,12+/m1/s1. The third-order valence-electron chi connectivity index (χ3n) is 2.57. The maximum absolute atomic E-state index is 9.48.